The van der Waals surface area contributed by atoms with Crippen molar-refractivity contribution >= 4 is 15.8 Å². The first-order valence-electron chi connectivity index (χ1n) is 5.77. The third-order valence-corrected chi connectivity index (χ3v) is 3.57. The molecule has 1 rings (SSSR count). The Labute approximate surface area is 113 Å². The van der Waals surface area contributed by atoms with Gasteiger partial charge in [-0.2, -0.15) is 0 Å². The summed E-state index contributed by atoms with van der Waals surface area (Å²) in [6.45, 7) is 2.07. The fraction of sp³-hybridized carbons (Fsp3) is 0.500. The fourth-order valence-electron chi connectivity index (χ4n) is 1.66. The highest BCUT2D eigenvalue weighted by Crippen LogP contribution is 2.07. The minimum absolute atomic E-state index is 0.0351. The van der Waals surface area contributed by atoms with Gasteiger partial charge < -0.3 is 10.1 Å². The van der Waals surface area contributed by atoms with Gasteiger partial charge in [-0.15, -0.1) is 0 Å². The Morgan fingerprint density at radius 3 is 2.79 bits per heavy atom. The molecule has 0 aliphatic rings. The number of nitrogens with one attached hydrogen (secondary N) is 1. The van der Waals surface area contributed by atoms with E-state index in [-0.39, 0.29) is 11.8 Å². The number of methoxy groups -OCH3 is 1. The van der Waals surface area contributed by atoms with Gasteiger partial charge in [0.25, 0.3) is 0 Å². The normalized spacial score (nSPS) is 13.0. The number of hydrogen-bond acceptors (Lipinski definition) is 6. The fourth-order valence-corrected chi connectivity index (χ4v) is 2.68. The first kappa shape index (κ1) is 15.6. The molecule has 1 atom stereocenters. The molecule has 1 N–H and O–H groups in total. The van der Waals surface area contributed by atoms with E-state index in [1.54, 1.807) is 25.3 Å². The standard InChI is InChI=1S/C12H18N2O4S/c1-9(8-19(3,16)17)14-7-11-10(12(15)18-2)5-4-6-13-11/h4-6,9,14H,7-8H2,1-3H3. The van der Waals surface area contributed by atoms with Crippen molar-refractivity contribution < 1.29 is 17.9 Å². The molecule has 0 bridgehead atoms. The van der Waals surface area contributed by atoms with Crippen LogP contribution in [-0.2, 0) is 21.1 Å². The maximum atomic E-state index is 11.5. The largest absolute Gasteiger partial charge is 0.465 e. The maximum absolute atomic E-state index is 11.5. The zero-order valence-electron chi connectivity index (χ0n) is 11.2. The molecule has 1 unspecified atom stereocenters. The van der Waals surface area contributed by atoms with Gasteiger partial charge in [0.1, 0.15) is 9.84 Å². The molecular weight excluding hydrogens is 268 g/mol. The highest BCUT2D eigenvalue weighted by Gasteiger charge is 2.14. The molecule has 19 heavy (non-hydrogen) atoms. The van der Waals surface area contributed by atoms with E-state index in [2.05, 4.69) is 15.0 Å². The van der Waals surface area contributed by atoms with Crippen molar-refractivity contribution in [3.05, 3.63) is 29.6 Å². The van der Waals surface area contributed by atoms with Gasteiger partial charge in [-0.3, -0.25) is 4.98 Å². The third-order valence-electron chi connectivity index (χ3n) is 2.47. The van der Waals surface area contributed by atoms with Crippen LogP contribution in [0.15, 0.2) is 18.3 Å². The molecule has 0 amide bonds. The second-order valence-electron chi connectivity index (χ2n) is 4.36. The van der Waals surface area contributed by atoms with Gasteiger partial charge in [0.15, 0.2) is 0 Å². The lowest BCUT2D eigenvalue weighted by atomic mass is 10.2. The monoisotopic (exact) mass is 286 g/mol. The van der Waals surface area contributed by atoms with Crippen molar-refractivity contribution in [2.45, 2.75) is 19.5 Å². The average molecular weight is 286 g/mol. The van der Waals surface area contributed by atoms with Gasteiger partial charge in [0, 0.05) is 25.0 Å². The van der Waals surface area contributed by atoms with Crippen LogP contribution >= 0.6 is 0 Å². The van der Waals surface area contributed by atoms with E-state index in [4.69, 9.17) is 0 Å². The Kier molecular flexibility index (Phi) is 5.44. The average Bonchev–Trinajstić information content (AvgIpc) is 2.33. The lowest BCUT2D eigenvalue weighted by molar-refractivity contribution is 0.0598. The summed E-state index contributed by atoms with van der Waals surface area (Å²) < 4.78 is 27.0. The highest BCUT2D eigenvalue weighted by molar-refractivity contribution is 7.90. The molecule has 1 aromatic heterocycles. The molecule has 0 aromatic carbocycles. The third kappa shape index (κ3) is 5.35. The first-order valence-corrected chi connectivity index (χ1v) is 7.83. The summed E-state index contributed by atoms with van der Waals surface area (Å²) in [5, 5.41) is 3.03. The van der Waals surface area contributed by atoms with E-state index in [1.807, 2.05) is 0 Å². The Morgan fingerprint density at radius 1 is 1.53 bits per heavy atom. The van der Waals surface area contributed by atoms with Gasteiger partial charge in [-0.25, -0.2) is 13.2 Å². The smallest absolute Gasteiger partial charge is 0.339 e. The minimum Gasteiger partial charge on any atom is -0.465 e. The van der Waals surface area contributed by atoms with Crippen molar-refractivity contribution in [1.29, 1.82) is 0 Å². The summed E-state index contributed by atoms with van der Waals surface area (Å²) in [6.07, 6.45) is 2.76. The second kappa shape index (κ2) is 6.63. The Morgan fingerprint density at radius 2 is 2.21 bits per heavy atom. The number of sulfone groups is 1. The molecule has 0 fully saturated rings. The van der Waals surface area contributed by atoms with Crippen molar-refractivity contribution in [1.82, 2.24) is 10.3 Å². The van der Waals surface area contributed by atoms with Crippen LogP contribution in [0.3, 0.4) is 0 Å². The van der Waals surface area contributed by atoms with E-state index >= 15 is 0 Å². The lowest BCUT2D eigenvalue weighted by Crippen LogP contribution is -2.33. The van der Waals surface area contributed by atoms with Crippen molar-refractivity contribution in [3.8, 4) is 0 Å². The number of carbonyl (C=O) groups excluding carboxylic acids is 1. The molecule has 0 saturated carbocycles. The molecule has 0 spiro atoms. The predicted octanol–water partition coefficient (Wildman–Crippen LogP) is 0.391. The first-order chi connectivity index (χ1) is 8.83. The van der Waals surface area contributed by atoms with Crippen LogP contribution in [0.2, 0.25) is 0 Å². The molecule has 1 heterocycles. The second-order valence-corrected chi connectivity index (χ2v) is 6.55. The number of esters is 1. The molecule has 0 saturated heterocycles. The molecule has 106 valence electrons. The van der Waals surface area contributed by atoms with Crippen molar-refractivity contribution in [2.24, 2.45) is 0 Å². The minimum atomic E-state index is -3.03. The Bertz CT molecular complexity index is 542. The van der Waals surface area contributed by atoms with Gasteiger partial charge in [0.05, 0.1) is 24.1 Å². The summed E-state index contributed by atoms with van der Waals surface area (Å²) in [5.41, 5.74) is 0.916. The molecule has 6 nitrogen and oxygen atoms in total. The van der Waals surface area contributed by atoms with Crippen LogP contribution in [0, 0.1) is 0 Å². The molecule has 0 aliphatic heterocycles. The topological polar surface area (TPSA) is 85.4 Å². The molecule has 0 radical (unpaired) electrons. The predicted molar refractivity (Wildman–Crippen MR) is 71.6 cm³/mol. The Hall–Kier alpha value is -1.47. The van der Waals surface area contributed by atoms with Gasteiger partial charge in [0.2, 0.25) is 0 Å². The van der Waals surface area contributed by atoms with Crippen LogP contribution in [0.25, 0.3) is 0 Å². The Balaban J connectivity index is 2.70. The van der Waals surface area contributed by atoms with Crippen LogP contribution in [-0.4, -0.2) is 44.5 Å². The van der Waals surface area contributed by atoms with Gasteiger partial charge >= 0.3 is 5.97 Å². The van der Waals surface area contributed by atoms with Crippen LogP contribution in [0.1, 0.15) is 23.0 Å². The van der Waals surface area contributed by atoms with Crippen LogP contribution in [0.4, 0.5) is 0 Å². The molecule has 7 heteroatoms. The number of carbonyl (C=O) groups is 1. The van der Waals surface area contributed by atoms with Crippen LogP contribution < -0.4 is 5.32 Å². The van der Waals surface area contributed by atoms with E-state index in [0.29, 0.717) is 17.8 Å². The number of ether oxygens (including phenoxy) is 1. The van der Waals surface area contributed by atoms with E-state index in [1.165, 1.54) is 13.4 Å². The number of pyridine rings is 1. The molecule has 1 aromatic rings. The van der Waals surface area contributed by atoms with Gasteiger partial charge in [-0.05, 0) is 19.1 Å². The number of rotatable bonds is 6. The van der Waals surface area contributed by atoms with Crippen LogP contribution in [0.5, 0.6) is 0 Å². The quantitative estimate of drug-likeness (QED) is 0.761. The highest BCUT2D eigenvalue weighted by atomic mass is 32.2. The summed E-state index contributed by atoms with van der Waals surface area (Å²) in [6, 6.07) is 3.05. The summed E-state index contributed by atoms with van der Waals surface area (Å²) in [7, 11) is -1.73. The van der Waals surface area contributed by atoms with E-state index in [0.717, 1.165) is 0 Å². The van der Waals surface area contributed by atoms with Gasteiger partial charge in [-0.1, -0.05) is 0 Å². The summed E-state index contributed by atoms with van der Waals surface area (Å²) in [5.74, 6) is -0.423. The van der Waals surface area contributed by atoms with E-state index in [9.17, 15) is 13.2 Å². The SMILES string of the molecule is COC(=O)c1cccnc1CNC(C)CS(C)(=O)=O. The number of nitrogens with zero attached hydrogens (tertiary/aromatic N) is 1. The summed E-state index contributed by atoms with van der Waals surface area (Å²) >= 11 is 0. The van der Waals surface area contributed by atoms with E-state index < -0.39 is 15.8 Å². The van der Waals surface area contributed by atoms with Crippen molar-refractivity contribution in [3.63, 3.8) is 0 Å². The molecule has 0 aliphatic carbocycles. The number of hydrogen-bond donors (Lipinski definition) is 1. The number of aromatic nitrogens is 1. The molecular formula is C12H18N2O4S. The maximum Gasteiger partial charge on any atom is 0.339 e. The van der Waals surface area contributed by atoms with Crippen molar-refractivity contribution in [2.75, 3.05) is 19.1 Å². The lowest BCUT2D eigenvalue weighted by Gasteiger charge is -2.13. The zero-order chi connectivity index (χ0) is 14.5. The zero-order valence-corrected chi connectivity index (χ0v) is 12.0. The summed E-state index contributed by atoms with van der Waals surface area (Å²) in [4.78, 5) is 15.6.